The van der Waals surface area contributed by atoms with E-state index >= 15 is 0 Å². The predicted octanol–water partition coefficient (Wildman–Crippen LogP) is 5.80. The van der Waals surface area contributed by atoms with Crippen LogP contribution in [0.3, 0.4) is 0 Å². The third-order valence-electron chi connectivity index (χ3n) is 14.1. The van der Waals surface area contributed by atoms with Crippen molar-refractivity contribution in [1.29, 1.82) is 0 Å². The van der Waals surface area contributed by atoms with Gasteiger partial charge in [-0.3, -0.25) is 9.59 Å². The van der Waals surface area contributed by atoms with Gasteiger partial charge in [0.15, 0.2) is 0 Å². The molecule has 7 nitrogen and oxygen atoms in total. The minimum absolute atomic E-state index is 0.0182. The zero-order valence-electron chi connectivity index (χ0n) is 27.8. The summed E-state index contributed by atoms with van der Waals surface area (Å²) in [5, 5.41) is 19.4. The number of rotatable bonds is 8. The molecule has 0 aromatic heterocycles. The van der Waals surface area contributed by atoms with E-state index in [4.69, 9.17) is 15.2 Å². The highest BCUT2D eigenvalue weighted by atomic mass is 16.5. The Balaban J connectivity index is 1.43. The molecule has 0 radical (unpaired) electrons. The van der Waals surface area contributed by atoms with Crippen LogP contribution >= 0.6 is 0 Å². The van der Waals surface area contributed by atoms with Crippen LogP contribution in [0, 0.1) is 57.2 Å². The van der Waals surface area contributed by atoms with Gasteiger partial charge in [0.2, 0.25) is 0 Å². The van der Waals surface area contributed by atoms with Gasteiger partial charge in [0.1, 0.15) is 12.7 Å². The van der Waals surface area contributed by atoms with Gasteiger partial charge in [-0.05, 0) is 124 Å². The van der Waals surface area contributed by atoms with Gasteiger partial charge >= 0.3 is 11.9 Å². The molecule has 0 aromatic rings. The summed E-state index contributed by atoms with van der Waals surface area (Å²) in [5.74, 6) is 2.50. The van der Waals surface area contributed by atoms with E-state index in [1.54, 1.807) is 0 Å². The number of carbonyl (C=O) groups excluding carboxylic acids is 2. The second kappa shape index (κ2) is 11.4. The average Bonchev–Trinajstić information content (AvgIpc) is 3.32. The first-order valence-corrected chi connectivity index (χ1v) is 17.1. The predicted molar refractivity (Wildman–Crippen MR) is 167 cm³/mol. The van der Waals surface area contributed by atoms with Crippen molar-refractivity contribution >= 4 is 11.9 Å². The highest BCUT2D eigenvalue weighted by molar-refractivity contribution is 5.78. The summed E-state index contributed by atoms with van der Waals surface area (Å²) < 4.78 is 11.8. The maximum atomic E-state index is 14.1. The molecular formula is C36H59NO6. The highest BCUT2D eigenvalue weighted by Gasteiger charge is 2.68. The Bertz CT molecular complexity index is 1100. The van der Waals surface area contributed by atoms with Crippen molar-refractivity contribution in [2.24, 2.45) is 62.9 Å². The molecule has 5 rings (SSSR count). The summed E-state index contributed by atoms with van der Waals surface area (Å²) in [6.45, 7) is 16.7. The lowest BCUT2D eigenvalue weighted by molar-refractivity contribution is -0.224. The normalized spacial score (nSPS) is 43.4. The number of allylic oxidation sites excluding steroid dienone is 1. The third kappa shape index (κ3) is 5.21. The van der Waals surface area contributed by atoms with E-state index in [1.165, 1.54) is 25.3 Å². The Kier molecular flexibility index (Phi) is 8.75. The average molecular weight is 602 g/mol. The van der Waals surface area contributed by atoms with Gasteiger partial charge < -0.3 is 25.4 Å². The molecule has 0 aliphatic heterocycles. The molecule has 7 heteroatoms. The standard InChI is InChI=1S/C36H59NO6/c1-22(2)18-24-10-16-36(31(41)42-21-35(37,19-38)20-39)17-11-26-25(30(24)36)8-9-28-33(26,6)14-12-27-32(4,5)29(43-23(3)40)13-15-34(27,28)7/h24-30,38-39H,1,8-21,37H2,2-7H3/t24?,25-,26?,27?,28?,29-,30?,33-,34-,36-/m0/s1. The number of nitrogens with two attached hydrogens (primary N) is 1. The summed E-state index contributed by atoms with van der Waals surface area (Å²) >= 11 is 0. The number of hydrogen-bond donors (Lipinski definition) is 3. The fourth-order valence-corrected chi connectivity index (χ4v) is 12.3. The minimum Gasteiger partial charge on any atom is -0.463 e. The summed E-state index contributed by atoms with van der Waals surface area (Å²) in [6, 6.07) is 0. The summed E-state index contributed by atoms with van der Waals surface area (Å²) in [5.41, 5.74) is 5.80. The Hall–Kier alpha value is -1.44. The molecule has 4 N–H and O–H groups in total. The van der Waals surface area contributed by atoms with Crippen LogP contribution in [-0.2, 0) is 19.1 Å². The molecule has 0 heterocycles. The van der Waals surface area contributed by atoms with Gasteiger partial charge in [0.25, 0.3) is 0 Å². The Morgan fingerprint density at radius 3 is 2.16 bits per heavy atom. The third-order valence-corrected chi connectivity index (χ3v) is 14.1. The second-order valence-corrected chi connectivity index (χ2v) is 16.9. The maximum absolute atomic E-state index is 14.1. The van der Waals surface area contributed by atoms with Crippen LogP contribution in [0.1, 0.15) is 112 Å². The molecule has 0 bridgehead atoms. The fraction of sp³-hybridized carbons (Fsp3) is 0.889. The van der Waals surface area contributed by atoms with Crippen LogP contribution in [0.15, 0.2) is 12.2 Å². The quantitative estimate of drug-likeness (QED) is 0.238. The lowest BCUT2D eigenvalue weighted by Gasteiger charge is -2.69. The van der Waals surface area contributed by atoms with Crippen molar-refractivity contribution in [1.82, 2.24) is 0 Å². The molecule has 5 aliphatic rings. The van der Waals surface area contributed by atoms with Gasteiger partial charge in [-0.15, -0.1) is 6.58 Å². The molecule has 10 atom stereocenters. The van der Waals surface area contributed by atoms with E-state index in [-0.39, 0.29) is 46.8 Å². The topological polar surface area (TPSA) is 119 Å². The van der Waals surface area contributed by atoms with Crippen LogP contribution in [0.5, 0.6) is 0 Å². The number of aliphatic hydroxyl groups is 2. The molecule has 5 aliphatic carbocycles. The summed E-state index contributed by atoms with van der Waals surface area (Å²) in [4.78, 5) is 26.0. The molecular weight excluding hydrogens is 542 g/mol. The molecule has 0 saturated heterocycles. The van der Waals surface area contributed by atoms with Gasteiger partial charge in [0, 0.05) is 12.3 Å². The van der Waals surface area contributed by atoms with Gasteiger partial charge in [-0.2, -0.15) is 0 Å². The van der Waals surface area contributed by atoms with Crippen LogP contribution < -0.4 is 5.73 Å². The molecule has 0 spiro atoms. The Labute approximate surface area is 259 Å². The van der Waals surface area contributed by atoms with Crippen molar-refractivity contribution in [2.45, 2.75) is 124 Å². The monoisotopic (exact) mass is 601 g/mol. The van der Waals surface area contributed by atoms with E-state index < -0.39 is 24.2 Å². The van der Waals surface area contributed by atoms with E-state index in [1.807, 2.05) is 0 Å². The van der Waals surface area contributed by atoms with E-state index in [0.717, 1.165) is 57.8 Å². The first-order chi connectivity index (χ1) is 20.1. The number of fused-ring (bicyclic) bond motifs is 7. The van der Waals surface area contributed by atoms with Crippen molar-refractivity contribution in [3.63, 3.8) is 0 Å². The number of ether oxygens (including phenoxy) is 2. The number of hydrogen-bond acceptors (Lipinski definition) is 7. The van der Waals surface area contributed by atoms with Crippen molar-refractivity contribution in [3.05, 3.63) is 12.2 Å². The van der Waals surface area contributed by atoms with Gasteiger partial charge in [0.05, 0.1) is 24.2 Å². The van der Waals surface area contributed by atoms with Gasteiger partial charge in [-0.25, -0.2) is 0 Å². The number of carbonyl (C=O) groups is 2. The fourth-order valence-electron chi connectivity index (χ4n) is 12.3. The smallest absolute Gasteiger partial charge is 0.312 e. The van der Waals surface area contributed by atoms with Crippen molar-refractivity contribution in [3.8, 4) is 0 Å². The molecule has 5 unspecified atom stereocenters. The largest absolute Gasteiger partial charge is 0.463 e. The zero-order valence-corrected chi connectivity index (χ0v) is 27.8. The van der Waals surface area contributed by atoms with E-state index in [2.05, 4.69) is 41.2 Å². The van der Waals surface area contributed by atoms with E-state index in [0.29, 0.717) is 29.6 Å². The Morgan fingerprint density at radius 2 is 1.53 bits per heavy atom. The van der Waals surface area contributed by atoms with Crippen LogP contribution in [0.4, 0.5) is 0 Å². The first-order valence-electron chi connectivity index (χ1n) is 17.1. The summed E-state index contributed by atoms with van der Waals surface area (Å²) in [7, 11) is 0. The van der Waals surface area contributed by atoms with Crippen LogP contribution in [-0.4, -0.2) is 53.6 Å². The molecule has 43 heavy (non-hydrogen) atoms. The zero-order chi connectivity index (χ0) is 31.6. The molecule has 5 fully saturated rings. The van der Waals surface area contributed by atoms with Gasteiger partial charge in [-0.1, -0.05) is 33.3 Å². The number of esters is 2. The molecule has 0 aromatic carbocycles. The lowest BCUT2D eigenvalue weighted by Crippen LogP contribution is -2.64. The molecule has 244 valence electrons. The first kappa shape index (κ1) is 32.9. The lowest BCUT2D eigenvalue weighted by atomic mass is 9.36. The maximum Gasteiger partial charge on any atom is 0.312 e. The SMILES string of the molecule is C=C(C)CC1CC[C@]2(C(=O)OCC(N)(CO)CO)CCC3[C@H](CCC4[C@@]3(C)CCC3C(C)(C)[C@@H](OC(C)=O)CC[C@@]34C)C12. The molecule has 0 amide bonds. The van der Waals surface area contributed by atoms with E-state index in [9.17, 15) is 19.8 Å². The number of aliphatic hydroxyl groups excluding tert-OH is 2. The van der Waals surface area contributed by atoms with Crippen molar-refractivity contribution in [2.75, 3.05) is 19.8 Å². The highest BCUT2D eigenvalue weighted by Crippen LogP contribution is 2.74. The van der Waals surface area contributed by atoms with Crippen LogP contribution in [0.25, 0.3) is 0 Å². The Morgan fingerprint density at radius 1 is 0.884 bits per heavy atom. The van der Waals surface area contributed by atoms with Crippen molar-refractivity contribution < 1.29 is 29.3 Å². The second-order valence-electron chi connectivity index (χ2n) is 16.9. The molecule has 5 saturated carbocycles. The van der Waals surface area contributed by atoms with Crippen LogP contribution in [0.2, 0.25) is 0 Å². The summed E-state index contributed by atoms with van der Waals surface area (Å²) in [6.07, 6.45) is 11.3. The minimum atomic E-state index is -1.32.